The number of benzene rings is 2. The molecule has 3 aliphatic rings. The molecule has 0 aliphatic carbocycles. The molecule has 0 bridgehead atoms. The second kappa shape index (κ2) is 10.6. The van der Waals surface area contributed by atoms with E-state index in [-0.39, 0.29) is 11.4 Å². The number of hydrogen-bond acceptors (Lipinski definition) is 6. The van der Waals surface area contributed by atoms with E-state index in [1.807, 2.05) is 25.1 Å². The number of aryl methyl sites for hydroxylation is 1. The largest absolute Gasteiger partial charge is 0.378 e. The van der Waals surface area contributed by atoms with Crippen molar-refractivity contribution in [1.82, 2.24) is 4.90 Å². The zero-order valence-corrected chi connectivity index (χ0v) is 24.2. The van der Waals surface area contributed by atoms with Crippen molar-refractivity contribution in [1.29, 1.82) is 0 Å². The van der Waals surface area contributed by atoms with Crippen LogP contribution in [0.1, 0.15) is 51.3 Å². The summed E-state index contributed by atoms with van der Waals surface area (Å²) in [7, 11) is 0. The summed E-state index contributed by atoms with van der Waals surface area (Å²) in [4.78, 5) is 25.5. The van der Waals surface area contributed by atoms with E-state index in [1.54, 1.807) is 4.90 Å². The number of ether oxygens (including phenoxy) is 1. The van der Waals surface area contributed by atoms with E-state index >= 15 is 0 Å². The van der Waals surface area contributed by atoms with Gasteiger partial charge >= 0.3 is 0 Å². The van der Waals surface area contributed by atoms with Gasteiger partial charge in [-0.25, -0.2) is 4.99 Å². The van der Waals surface area contributed by atoms with Crippen LogP contribution in [-0.2, 0) is 9.53 Å². The van der Waals surface area contributed by atoms with Crippen molar-refractivity contribution < 1.29 is 9.53 Å². The lowest BCUT2D eigenvalue weighted by Crippen LogP contribution is -2.44. The number of amides is 1. The van der Waals surface area contributed by atoms with Gasteiger partial charge in [-0.05, 0) is 112 Å². The molecule has 3 heterocycles. The highest BCUT2D eigenvalue weighted by atomic mass is 32.2. The molecule has 0 N–H and O–H groups in total. The van der Waals surface area contributed by atoms with Crippen LogP contribution in [0.2, 0.25) is 0 Å². The molecule has 3 aliphatic heterocycles. The Morgan fingerprint density at radius 3 is 2.42 bits per heavy atom. The Morgan fingerprint density at radius 1 is 1.05 bits per heavy atom. The van der Waals surface area contributed by atoms with Crippen molar-refractivity contribution in [2.24, 2.45) is 4.99 Å². The first-order chi connectivity index (χ1) is 18.2. The minimum atomic E-state index is -0.0249. The van der Waals surface area contributed by atoms with Crippen LogP contribution < -0.4 is 9.80 Å². The number of rotatable bonds is 5. The maximum atomic E-state index is 13.4. The van der Waals surface area contributed by atoms with Crippen LogP contribution in [0.4, 0.5) is 17.1 Å². The van der Waals surface area contributed by atoms with Crippen LogP contribution in [0.25, 0.3) is 11.6 Å². The normalized spacial score (nSPS) is 21.4. The second-order valence-corrected chi connectivity index (χ2v) is 11.6. The predicted octanol–water partition coefficient (Wildman–Crippen LogP) is 6.48. The highest BCUT2D eigenvalue weighted by molar-refractivity contribution is 8.18. The van der Waals surface area contributed by atoms with Crippen LogP contribution in [0.3, 0.4) is 0 Å². The topological polar surface area (TPSA) is 48.4 Å². The number of aliphatic imine (C=N–C) groups is 1. The Hall–Kier alpha value is -3.03. The summed E-state index contributed by atoms with van der Waals surface area (Å²) in [5.41, 5.74) is 8.03. The summed E-state index contributed by atoms with van der Waals surface area (Å²) < 4.78 is 5.46. The molecule has 1 amide bonds. The molecule has 2 aromatic rings. The third-order valence-electron chi connectivity index (χ3n) is 7.62. The lowest BCUT2D eigenvalue weighted by molar-refractivity contribution is -0.122. The second-order valence-electron chi connectivity index (χ2n) is 10.6. The van der Waals surface area contributed by atoms with Gasteiger partial charge in [-0.2, -0.15) is 0 Å². The Morgan fingerprint density at radius 2 is 1.76 bits per heavy atom. The minimum absolute atomic E-state index is 0.0156. The van der Waals surface area contributed by atoms with Gasteiger partial charge in [0, 0.05) is 43.1 Å². The van der Waals surface area contributed by atoms with Crippen molar-refractivity contribution >= 4 is 51.5 Å². The molecule has 2 saturated heterocycles. The van der Waals surface area contributed by atoms with Crippen LogP contribution in [0.15, 0.2) is 52.4 Å². The lowest BCUT2D eigenvalue weighted by Gasteiger charge is -2.43. The molecule has 200 valence electrons. The molecular formula is C31H38N4O2S. The van der Waals surface area contributed by atoms with Crippen LogP contribution >= 0.6 is 11.8 Å². The first kappa shape index (κ1) is 26.6. The van der Waals surface area contributed by atoms with E-state index in [1.165, 1.54) is 39.8 Å². The van der Waals surface area contributed by atoms with Crippen molar-refractivity contribution in [3.05, 3.63) is 64.1 Å². The summed E-state index contributed by atoms with van der Waals surface area (Å²) in [6.45, 7) is 17.9. The fraction of sp³-hybridized carbons (Fsp3) is 0.419. The molecule has 0 spiro atoms. The van der Waals surface area contributed by atoms with E-state index in [0.29, 0.717) is 11.4 Å². The van der Waals surface area contributed by atoms with Gasteiger partial charge in [0.1, 0.15) is 0 Å². The SMILES string of the molecule is CCN1C(=O)/C(=C\c2cc3c(cc2C)N(CC)C(C)(C)C=C3C)SC1=Nc1ccc(N2CCOCC2)cc1. The number of carbonyl (C=O) groups is 1. The number of nitrogens with zero attached hydrogens (tertiary/aromatic N) is 4. The Bertz CT molecular complexity index is 1320. The molecular weight excluding hydrogens is 492 g/mol. The molecule has 6 nitrogen and oxygen atoms in total. The average molecular weight is 531 g/mol. The van der Waals surface area contributed by atoms with Gasteiger partial charge in [0.15, 0.2) is 5.17 Å². The molecule has 0 unspecified atom stereocenters. The Kier molecular flexibility index (Phi) is 7.43. The van der Waals surface area contributed by atoms with Crippen molar-refractivity contribution in [2.45, 2.75) is 47.1 Å². The fourth-order valence-electron chi connectivity index (χ4n) is 5.66. The number of amidine groups is 1. The van der Waals surface area contributed by atoms with E-state index < -0.39 is 0 Å². The molecule has 2 fully saturated rings. The van der Waals surface area contributed by atoms with Crippen molar-refractivity contribution in [3.8, 4) is 0 Å². The van der Waals surface area contributed by atoms with E-state index in [9.17, 15) is 4.79 Å². The summed E-state index contributed by atoms with van der Waals surface area (Å²) in [5, 5.41) is 0.730. The molecule has 0 atom stereocenters. The Balaban J connectivity index is 1.43. The number of hydrogen-bond donors (Lipinski definition) is 0. The number of carbonyl (C=O) groups excluding carboxylic acids is 1. The number of fused-ring (bicyclic) bond motifs is 1. The van der Waals surface area contributed by atoms with Gasteiger partial charge in [-0.3, -0.25) is 9.69 Å². The van der Waals surface area contributed by atoms with Crippen molar-refractivity contribution in [2.75, 3.05) is 49.2 Å². The zero-order chi connectivity index (χ0) is 27.0. The minimum Gasteiger partial charge on any atom is -0.378 e. The molecule has 0 saturated carbocycles. The van der Waals surface area contributed by atoms with E-state index in [2.05, 4.69) is 74.8 Å². The number of anilines is 2. The molecule has 7 heteroatoms. The monoisotopic (exact) mass is 530 g/mol. The number of likely N-dealkylation sites (N-methyl/N-ethyl adjacent to an activating group) is 2. The lowest BCUT2D eigenvalue weighted by atomic mass is 9.87. The van der Waals surface area contributed by atoms with Gasteiger partial charge in [-0.15, -0.1) is 0 Å². The summed E-state index contributed by atoms with van der Waals surface area (Å²) in [6, 6.07) is 12.8. The molecule has 0 aromatic heterocycles. The van der Waals surface area contributed by atoms with Crippen LogP contribution in [0.5, 0.6) is 0 Å². The first-order valence-corrected chi connectivity index (χ1v) is 14.4. The maximum Gasteiger partial charge on any atom is 0.266 e. The average Bonchev–Trinajstić information content (AvgIpc) is 3.19. The summed E-state index contributed by atoms with van der Waals surface area (Å²) >= 11 is 1.46. The predicted molar refractivity (Wildman–Crippen MR) is 161 cm³/mol. The zero-order valence-electron chi connectivity index (χ0n) is 23.4. The quantitative estimate of drug-likeness (QED) is 0.414. The van der Waals surface area contributed by atoms with E-state index in [0.717, 1.165) is 49.3 Å². The highest BCUT2D eigenvalue weighted by Gasteiger charge is 2.33. The molecule has 5 rings (SSSR count). The van der Waals surface area contributed by atoms with E-state index in [4.69, 9.17) is 9.73 Å². The summed E-state index contributed by atoms with van der Waals surface area (Å²) in [5.74, 6) is 0.0156. The maximum absolute atomic E-state index is 13.4. The molecule has 2 aromatic carbocycles. The summed E-state index contributed by atoms with van der Waals surface area (Å²) in [6.07, 6.45) is 4.38. The Labute approximate surface area is 231 Å². The number of morpholine rings is 1. The van der Waals surface area contributed by atoms with Gasteiger partial charge in [-0.1, -0.05) is 6.08 Å². The smallest absolute Gasteiger partial charge is 0.266 e. The number of thioether (sulfide) groups is 1. The standard InChI is InChI=1S/C31H38N4O2S/c1-7-34-29(36)28(38-30(34)32-24-9-11-25(12-10-24)33-13-15-37-16-14-33)19-23-18-26-22(4)20-31(5,6)35(8-2)27(26)17-21(23)3/h9-12,17-20H,7-8,13-16H2,1-6H3/b28-19+,32-30?. The van der Waals surface area contributed by atoms with Gasteiger partial charge in [0.05, 0.1) is 29.3 Å². The van der Waals surface area contributed by atoms with Gasteiger partial charge < -0.3 is 14.5 Å². The highest BCUT2D eigenvalue weighted by Crippen LogP contribution is 2.41. The third kappa shape index (κ3) is 5.02. The fourth-order valence-corrected chi connectivity index (χ4v) is 6.71. The molecule has 38 heavy (non-hydrogen) atoms. The third-order valence-corrected chi connectivity index (χ3v) is 8.63. The first-order valence-electron chi connectivity index (χ1n) is 13.6. The molecule has 0 radical (unpaired) electrons. The van der Waals surface area contributed by atoms with Crippen LogP contribution in [0, 0.1) is 6.92 Å². The number of allylic oxidation sites excluding steroid dienone is 1. The van der Waals surface area contributed by atoms with Gasteiger partial charge in [0.2, 0.25) is 0 Å². The van der Waals surface area contributed by atoms with Crippen LogP contribution in [-0.4, -0.2) is 60.9 Å². The van der Waals surface area contributed by atoms with Crippen molar-refractivity contribution in [3.63, 3.8) is 0 Å². The van der Waals surface area contributed by atoms with Gasteiger partial charge in [0.25, 0.3) is 5.91 Å².